The van der Waals surface area contributed by atoms with Crippen LogP contribution in [-0.2, 0) is 6.54 Å². The Morgan fingerprint density at radius 1 is 1.17 bits per heavy atom. The van der Waals surface area contributed by atoms with Crippen molar-refractivity contribution < 1.29 is 10.0 Å². The molecule has 2 heterocycles. The van der Waals surface area contributed by atoms with Crippen LogP contribution in [0.5, 0.6) is 0 Å². The van der Waals surface area contributed by atoms with Gasteiger partial charge >= 0.3 is 0 Å². The molecule has 1 aromatic heterocycles. The minimum atomic E-state index is -0.700. The van der Waals surface area contributed by atoms with Gasteiger partial charge in [-0.2, -0.15) is 0 Å². The molecule has 6 nitrogen and oxygen atoms in total. The maximum Gasteiger partial charge on any atom is 0.269 e. The van der Waals surface area contributed by atoms with Crippen LogP contribution in [0.1, 0.15) is 16.5 Å². The van der Waals surface area contributed by atoms with Gasteiger partial charge in [0.15, 0.2) is 0 Å². The standard InChI is InChI=1S/C17H21N3O3S/c21-17(14-3-1-4-15(11-14)20(22)23)13-19-8-6-18(7-9-19)12-16-5-2-10-24-16/h1-5,10-11,17,21H,6-9,12-13H2. The summed E-state index contributed by atoms with van der Waals surface area (Å²) in [7, 11) is 0. The van der Waals surface area contributed by atoms with Crippen LogP contribution < -0.4 is 0 Å². The van der Waals surface area contributed by atoms with E-state index in [1.54, 1.807) is 23.5 Å². The number of nitro benzene ring substituents is 1. The van der Waals surface area contributed by atoms with Gasteiger partial charge in [-0.15, -0.1) is 11.3 Å². The molecule has 1 fully saturated rings. The van der Waals surface area contributed by atoms with E-state index < -0.39 is 11.0 Å². The number of hydrogen-bond donors (Lipinski definition) is 1. The molecule has 0 aliphatic carbocycles. The first-order valence-corrected chi connectivity index (χ1v) is 8.89. The quantitative estimate of drug-likeness (QED) is 0.642. The predicted octanol–water partition coefficient (Wildman–Crippen LogP) is 2.51. The molecule has 3 rings (SSSR count). The van der Waals surface area contributed by atoms with Crippen LogP contribution in [-0.4, -0.2) is 52.6 Å². The van der Waals surface area contributed by atoms with Gasteiger partial charge in [-0.3, -0.25) is 19.9 Å². The lowest BCUT2D eigenvalue weighted by Crippen LogP contribution is -2.46. The second-order valence-corrected chi connectivity index (χ2v) is 7.06. The van der Waals surface area contributed by atoms with Gasteiger partial charge in [-0.1, -0.05) is 18.2 Å². The van der Waals surface area contributed by atoms with Crippen LogP contribution in [0.3, 0.4) is 0 Å². The molecule has 0 spiro atoms. The molecule has 24 heavy (non-hydrogen) atoms. The van der Waals surface area contributed by atoms with Crippen molar-refractivity contribution in [2.75, 3.05) is 32.7 Å². The number of rotatable bonds is 6. The summed E-state index contributed by atoms with van der Waals surface area (Å²) in [6.07, 6.45) is -0.700. The number of nitro groups is 1. The first-order chi connectivity index (χ1) is 11.6. The van der Waals surface area contributed by atoms with Crippen LogP contribution >= 0.6 is 11.3 Å². The van der Waals surface area contributed by atoms with E-state index in [-0.39, 0.29) is 5.69 Å². The van der Waals surface area contributed by atoms with E-state index in [9.17, 15) is 15.2 Å². The zero-order valence-electron chi connectivity index (χ0n) is 13.4. The lowest BCUT2D eigenvalue weighted by atomic mass is 10.1. The van der Waals surface area contributed by atoms with E-state index in [0.29, 0.717) is 12.1 Å². The number of aliphatic hydroxyl groups is 1. The number of nitrogens with zero attached hydrogens (tertiary/aromatic N) is 3. The fourth-order valence-electron chi connectivity index (χ4n) is 2.95. The van der Waals surface area contributed by atoms with Crippen molar-refractivity contribution in [3.63, 3.8) is 0 Å². The number of β-amino-alcohol motifs (C(OH)–C–C–N with tert-alkyl or cyclic N) is 1. The Morgan fingerprint density at radius 3 is 2.58 bits per heavy atom. The van der Waals surface area contributed by atoms with E-state index >= 15 is 0 Å². The van der Waals surface area contributed by atoms with Gasteiger partial charge in [0.1, 0.15) is 0 Å². The van der Waals surface area contributed by atoms with Crippen LogP contribution in [0.15, 0.2) is 41.8 Å². The van der Waals surface area contributed by atoms with Crippen molar-refractivity contribution >= 4 is 17.0 Å². The number of piperazine rings is 1. The van der Waals surface area contributed by atoms with E-state index in [2.05, 4.69) is 27.3 Å². The van der Waals surface area contributed by atoms with Gasteiger partial charge in [0.05, 0.1) is 11.0 Å². The third kappa shape index (κ3) is 4.39. The summed E-state index contributed by atoms with van der Waals surface area (Å²) in [6.45, 7) is 5.24. The molecule has 0 saturated carbocycles. The molecule has 1 aliphatic heterocycles. The molecule has 1 aromatic carbocycles. The Morgan fingerprint density at radius 2 is 1.92 bits per heavy atom. The Labute approximate surface area is 145 Å². The summed E-state index contributed by atoms with van der Waals surface area (Å²) >= 11 is 1.78. The van der Waals surface area contributed by atoms with Gasteiger partial charge in [0, 0.05) is 56.3 Å². The first-order valence-electron chi connectivity index (χ1n) is 8.01. The van der Waals surface area contributed by atoms with Gasteiger partial charge in [-0.25, -0.2) is 0 Å². The molecule has 0 radical (unpaired) electrons. The molecular formula is C17H21N3O3S. The molecule has 1 aliphatic rings. The predicted molar refractivity (Wildman–Crippen MR) is 94.1 cm³/mol. The maximum atomic E-state index is 10.8. The van der Waals surface area contributed by atoms with Crippen LogP contribution in [0.25, 0.3) is 0 Å². The molecule has 1 N–H and O–H groups in total. The van der Waals surface area contributed by atoms with Crippen molar-refractivity contribution in [1.29, 1.82) is 0 Å². The Kier molecular flexibility index (Phi) is 5.57. The van der Waals surface area contributed by atoms with E-state index in [1.165, 1.54) is 17.0 Å². The van der Waals surface area contributed by atoms with Gasteiger partial charge in [-0.05, 0) is 17.0 Å². The number of hydrogen-bond acceptors (Lipinski definition) is 6. The summed E-state index contributed by atoms with van der Waals surface area (Å²) in [5.41, 5.74) is 0.623. The molecule has 128 valence electrons. The van der Waals surface area contributed by atoms with Crippen molar-refractivity contribution in [1.82, 2.24) is 9.80 Å². The van der Waals surface area contributed by atoms with Gasteiger partial charge in [0.25, 0.3) is 5.69 Å². The normalized spacial score (nSPS) is 17.7. The molecule has 1 atom stereocenters. The third-order valence-corrected chi connectivity index (χ3v) is 5.18. The highest BCUT2D eigenvalue weighted by atomic mass is 32.1. The Bertz CT molecular complexity index is 669. The van der Waals surface area contributed by atoms with Gasteiger partial charge in [0.2, 0.25) is 0 Å². The fraction of sp³-hybridized carbons (Fsp3) is 0.412. The second kappa shape index (κ2) is 7.85. The largest absolute Gasteiger partial charge is 0.387 e. The molecule has 2 aromatic rings. The lowest BCUT2D eigenvalue weighted by molar-refractivity contribution is -0.385. The number of benzene rings is 1. The van der Waals surface area contributed by atoms with Crippen LogP contribution in [0, 0.1) is 10.1 Å². The minimum Gasteiger partial charge on any atom is -0.387 e. The zero-order chi connectivity index (χ0) is 16.9. The lowest BCUT2D eigenvalue weighted by Gasteiger charge is -2.35. The number of non-ortho nitro benzene ring substituents is 1. The summed E-state index contributed by atoms with van der Waals surface area (Å²) in [5, 5.41) is 23.3. The third-order valence-electron chi connectivity index (χ3n) is 4.32. The minimum absolute atomic E-state index is 0.0207. The van der Waals surface area contributed by atoms with Crippen molar-refractivity contribution in [2.45, 2.75) is 12.6 Å². The average molecular weight is 347 g/mol. The van der Waals surface area contributed by atoms with Crippen LogP contribution in [0.4, 0.5) is 5.69 Å². The van der Waals surface area contributed by atoms with Crippen molar-refractivity contribution in [2.24, 2.45) is 0 Å². The average Bonchev–Trinajstić information content (AvgIpc) is 3.10. The zero-order valence-corrected chi connectivity index (χ0v) is 14.2. The Hall–Kier alpha value is -1.80. The molecule has 1 saturated heterocycles. The molecule has 1 unspecified atom stereocenters. The summed E-state index contributed by atoms with van der Waals surface area (Å²) in [5.74, 6) is 0. The molecule has 0 amide bonds. The van der Waals surface area contributed by atoms with E-state index in [1.807, 2.05) is 0 Å². The van der Waals surface area contributed by atoms with E-state index in [4.69, 9.17) is 0 Å². The number of thiophene rings is 1. The second-order valence-electron chi connectivity index (χ2n) is 6.02. The molecular weight excluding hydrogens is 326 g/mol. The highest BCUT2D eigenvalue weighted by Crippen LogP contribution is 2.21. The Balaban J connectivity index is 1.50. The smallest absolute Gasteiger partial charge is 0.269 e. The molecule has 0 bridgehead atoms. The van der Waals surface area contributed by atoms with Gasteiger partial charge < -0.3 is 5.11 Å². The number of aliphatic hydroxyl groups excluding tert-OH is 1. The summed E-state index contributed by atoms with van der Waals surface area (Å²) < 4.78 is 0. The van der Waals surface area contributed by atoms with Crippen molar-refractivity contribution in [3.05, 3.63) is 62.3 Å². The SMILES string of the molecule is O=[N+]([O-])c1cccc(C(O)CN2CCN(Cc3cccs3)CC2)c1. The van der Waals surface area contributed by atoms with E-state index in [0.717, 1.165) is 32.7 Å². The summed E-state index contributed by atoms with van der Waals surface area (Å²) in [6, 6.07) is 10.5. The fourth-order valence-corrected chi connectivity index (χ4v) is 3.69. The summed E-state index contributed by atoms with van der Waals surface area (Å²) in [4.78, 5) is 16.4. The molecule has 7 heteroatoms. The van der Waals surface area contributed by atoms with Crippen LogP contribution in [0.2, 0.25) is 0 Å². The highest BCUT2D eigenvalue weighted by Gasteiger charge is 2.21. The first kappa shape index (κ1) is 17.0. The monoisotopic (exact) mass is 347 g/mol. The topological polar surface area (TPSA) is 69.8 Å². The maximum absolute atomic E-state index is 10.8. The van der Waals surface area contributed by atoms with Crippen molar-refractivity contribution in [3.8, 4) is 0 Å². The highest BCUT2D eigenvalue weighted by molar-refractivity contribution is 7.09.